The number of carbonyl (C=O) groups is 2. The fraction of sp³-hybridized carbons (Fsp3) is 0.286. The Labute approximate surface area is 120 Å². The van der Waals surface area contributed by atoms with Gasteiger partial charge in [-0.25, -0.2) is 0 Å². The maximum atomic E-state index is 12.6. The van der Waals surface area contributed by atoms with Crippen LogP contribution in [0.2, 0.25) is 0 Å². The van der Waals surface area contributed by atoms with Crippen molar-refractivity contribution in [3.05, 3.63) is 35.2 Å². The van der Waals surface area contributed by atoms with Crippen LogP contribution >= 0.6 is 11.3 Å². The first kappa shape index (κ1) is 13.1. The maximum Gasteiger partial charge on any atom is 0.264 e. The average molecular weight is 289 g/mol. The highest BCUT2D eigenvalue weighted by Crippen LogP contribution is 2.26. The van der Waals surface area contributed by atoms with Gasteiger partial charge >= 0.3 is 0 Å². The molecule has 6 heteroatoms. The van der Waals surface area contributed by atoms with Crippen molar-refractivity contribution in [1.29, 1.82) is 0 Å². The summed E-state index contributed by atoms with van der Waals surface area (Å²) in [6, 6.07) is 9.17. The van der Waals surface area contributed by atoms with E-state index in [2.05, 4.69) is 5.32 Å². The van der Waals surface area contributed by atoms with E-state index in [0.717, 1.165) is 10.1 Å². The summed E-state index contributed by atoms with van der Waals surface area (Å²) < 4.78 is 1.07. The van der Waals surface area contributed by atoms with Gasteiger partial charge in [0.15, 0.2) is 0 Å². The second kappa shape index (κ2) is 5.22. The molecule has 0 radical (unpaired) electrons. The average Bonchev–Trinajstić information content (AvgIpc) is 2.90. The molecule has 1 aliphatic heterocycles. The minimum Gasteiger partial charge on any atom is -0.368 e. The Hall–Kier alpha value is -1.92. The van der Waals surface area contributed by atoms with Crippen LogP contribution in [-0.2, 0) is 4.79 Å². The van der Waals surface area contributed by atoms with Crippen LogP contribution in [-0.4, -0.2) is 42.4 Å². The van der Waals surface area contributed by atoms with Crippen molar-refractivity contribution < 1.29 is 9.59 Å². The Kier molecular flexibility index (Phi) is 3.42. The molecule has 1 atom stereocenters. The minimum atomic E-state index is -0.568. The van der Waals surface area contributed by atoms with Gasteiger partial charge < -0.3 is 16.0 Å². The summed E-state index contributed by atoms with van der Waals surface area (Å²) in [7, 11) is 0. The lowest BCUT2D eigenvalue weighted by atomic mass is 10.1. The first-order chi connectivity index (χ1) is 9.66. The number of primary amides is 1. The van der Waals surface area contributed by atoms with Crippen LogP contribution in [0, 0.1) is 0 Å². The van der Waals surface area contributed by atoms with Crippen LogP contribution in [0.3, 0.4) is 0 Å². The number of nitrogens with one attached hydrogen (secondary N) is 1. The Morgan fingerprint density at radius 2 is 2.15 bits per heavy atom. The molecule has 3 rings (SSSR count). The lowest BCUT2D eigenvalue weighted by Crippen LogP contribution is -2.58. The number of nitrogens with zero attached hydrogens (tertiary/aromatic N) is 1. The van der Waals surface area contributed by atoms with E-state index in [-0.39, 0.29) is 5.91 Å². The number of piperazine rings is 1. The van der Waals surface area contributed by atoms with Crippen molar-refractivity contribution in [2.75, 3.05) is 19.6 Å². The van der Waals surface area contributed by atoms with Crippen LogP contribution < -0.4 is 11.1 Å². The van der Waals surface area contributed by atoms with Crippen molar-refractivity contribution in [2.24, 2.45) is 5.73 Å². The highest BCUT2D eigenvalue weighted by molar-refractivity contribution is 7.20. The highest BCUT2D eigenvalue weighted by Gasteiger charge is 2.31. The molecule has 2 amide bonds. The van der Waals surface area contributed by atoms with Gasteiger partial charge in [-0.05, 0) is 17.5 Å². The van der Waals surface area contributed by atoms with Gasteiger partial charge in [0.25, 0.3) is 5.91 Å². The number of nitrogens with two attached hydrogens (primary N) is 1. The SMILES string of the molecule is NC(=O)C1CNCCN1C(=O)c1cc2ccccc2s1. The maximum absolute atomic E-state index is 12.6. The van der Waals surface area contributed by atoms with E-state index in [0.29, 0.717) is 24.5 Å². The van der Waals surface area contributed by atoms with Crippen molar-refractivity contribution in [3.63, 3.8) is 0 Å². The lowest BCUT2D eigenvalue weighted by molar-refractivity contribution is -0.122. The number of benzene rings is 1. The number of hydrogen-bond acceptors (Lipinski definition) is 4. The molecule has 0 saturated carbocycles. The van der Waals surface area contributed by atoms with Gasteiger partial charge in [0.2, 0.25) is 5.91 Å². The Balaban J connectivity index is 1.92. The van der Waals surface area contributed by atoms with Crippen LogP contribution in [0.5, 0.6) is 0 Å². The molecule has 2 heterocycles. The Morgan fingerprint density at radius 3 is 2.90 bits per heavy atom. The summed E-state index contributed by atoms with van der Waals surface area (Å²) in [5.41, 5.74) is 5.38. The smallest absolute Gasteiger partial charge is 0.264 e. The van der Waals surface area contributed by atoms with Gasteiger partial charge in [-0.2, -0.15) is 0 Å². The number of rotatable bonds is 2. The molecule has 20 heavy (non-hydrogen) atoms. The second-order valence-electron chi connectivity index (χ2n) is 4.77. The summed E-state index contributed by atoms with van der Waals surface area (Å²) in [5, 5.41) is 4.14. The first-order valence-electron chi connectivity index (χ1n) is 6.46. The topological polar surface area (TPSA) is 75.4 Å². The fourth-order valence-electron chi connectivity index (χ4n) is 2.43. The molecule has 1 aliphatic rings. The molecule has 2 aromatic rings. The molecule has 1 fully saturated rings. The third-order valence-corrected chi connectivity index (χ3v) is 4.57. The van der Waals surface area contributed by atoms with Crippen LogP contribution in [0.1, 0.15) is 9.67 Å². The fourth-order valence-corrected chi connectivity index (χ4v) is 3.45. The minimum absolute atomic E-state index is 0.114. The number of carbonyl (C=O) groups excluding carboxylic acids is 2. The van der Waals surface area contributed by atoms with E-state index in [1.165, 1.54) is 11.3 Å². The summed E-state index contributed by atoms with van der Waals surface area (Å²) >= 11 is 1.45. The number of thiophene rings is 1. The standard InChI is InChI=1S/C14H15N3O2S/c15-13(18)10-8-16-5-6-17(10)14(19)12-7-9-3-1-2-4-11(9)20-12/h1-4,7,10,16H,5-6,8H2,(H2,15,18). The summed E-state index contributed by atoms with van der Waals surface area (Å²) in [4.78, 5) is 26.3. The monoisotopic (exact) mass is 289 g/mol. The quantitative estimate of drug-likeness (QED) is 0.858. The number of hydrogen-bond donors (Lipinski definition) is 2. The van der Waals surface area contributed by atoms with E-state index in [4.69, 9.17) is 5.73 Å². The van der Waals surface area contributed by atoms with Crippen molar-refractivity contribution in [1.82, 2.24) is 10.2 Å². The van der Waals surface area contributed by atoms with E-state index in [1.807, 2.05) is 30.3 Å². The van der Waals surface area contributed by atoms with E-state index in [9.17, 15) is 9.59 Å². The molecule has 0 spiro atoms. The van der Waals surface area contributed by atoms with Crippen molar-refractivity contribution in [2.45, 2.75) is 6.04 Å². The Morgan fingerprint density at radius 1 is 1.35 bits per heavy atom. The van der Waals surface area contributed by atoms with Crippen molar-refractivity contribution in [3.8, 4) is 0 Å². The third kappa shape index (κ3) is 2.28. The van der Waals surface area contributed by atoms with Gasteiger partial charge in [-0.15, -0.1) is 11.3 Å². The van der Waals surface area contributed by atoms with Crippen LogP contribution in [0.25, 0.3) is 10.1 Å². The van der Waals surface area contributed by atoms with Crippen LogP contribution in [0.4, 0.5) is 0 Å². The molecule has 0 aliphatic carbocycles. The van der Waals surface area contributed by atoms with E-state index >= 15 is 0 Å². The summed E-state index contributed by atoms with van der Waals surface area (Å²) in [5.74, 6) is -0.580. The molecular formula is C14H15N3O2S. The highest BCUT2D eigenvalue weighted by atomic mass is 32.1. The zero-order valence-corrected chi connectivity index (χ0v) is 11.7. The summed E-state index contributed by atoms with van der Waals surface area (Å²) in [6.45, 7) is 1.60. The summed E-state index contributed by atoms with van der Waals surface area (Å²) in [6.07, 6.45) is 0. The zero-order valence-electron chi connectivity index (χ0n) is 10.8. The first-order valence-corrected chi connectivity index (χ1v) is 7.28. The van der Waals surface area contributed by atoms with Gasteiger partial charge in [-0.1, -0.05) is 18.2 Å². The van der Waals surface area contributed by atoms with Gasteiger partial charge in [0.1, 0.15) is 6.04 Å². The molecule has 1 saturated heterocycles. The molecule has 104 valence electrons. The Bertz CT molecular complexity index is 634. The largest absolute Gasteiger partial charge is 0.368 e. The number of fused-ring (bicyclic) bond motifs is 1. The molecule has 1 aromatic heterocycles. The third-order valence-electron chi connectivity index (χ3n) is 3.47. The second-order valence-corrected chi connectivity index (χ2v) is 5.85. The molecular weight excluding hydrogens is 274 g/mol. The van der Waals surface area contributed by atoms with Crippen molar-refractivity contribution >= 4 is 33.2 Å². The molecule has 0 bridgehead atoms. The van der Waals surface area contributed by atoms with Gasteiger partial charge in [0, 0.05) is 24.3 Å². The normalized spacial score (nSPS) is 19.2. The van der Waals surface area contributed by atoms with E-state index < -0.39 is 11.9 Å². The lowest BCUT2D eigenvalue weighted by Gasteiger charge is -2.33. The molecule has 3 N–H and O–H groups in total. The predicted molar refractivity (Wildman–Crippen MR) is 78.7 cm³/mol. The van der Waals surface area contributed by atoms with E-state index in [1.54, 1.807) is 4.90 Å². The molecule has 1 unspecified atom stereocenters. The molecule has 5 nitrogen and oxygen atoms in total. The molecule has 1 aromatic carbocycles. The zero-order chi connectivity index (χ0) is 14.1. The van der Waals surface area contributed by atoms with Crippen LogP contribution in [0.15, 0.2) is 30.3 Å². The number of amides is 2. The van der Waals surface area contributed by atoms with Gasteiger partial charge in [0.05, 0.1) is 4.88 Å². The predicted octanol–water partition coefficient (Wildman–Crippen LogP) is 0.801. The van der Waals surface area contributed by atoms with Gasteiger partial charge in [-0.3, -0.25) is 9.59 Å².